The van der Waals surface area contributed by atoms with Crippen molar-refractivity contribution in [1.29, 1.82) is 0 Å². The van der Waals surface area contributed by atoms with Gasteiger partial charge in [0, 0.05) is 25.7 Å². The van der Waals surface area contributed by atoms with Gasteiger partial charge in [-0.1, -0.05) is 395 Å². The molecule has 0 amide bonds. The van der Waals surface area contributed by atoms with Gasteiger partial charge in [-0.2, -0.15) is 0 Å². The van der Waals surface area contributed by atoms with E-state index in [0.29, 0.717) is 25.7 Å². The van der Waals surface area contributed by atoms with E-state index in [0.717, 1.165) is 108 Å². The predicted octanol–water partition coefficient (Wildman–Crippen LogP) is 25.5. The Hall–Kier alpha value is -1.94. The van der Waals surface area contributed by atoms with Crippen LogP contribution in [0.1, 0.15) is 446 Å². The fourth-order valence-corrected chi connectivity index (χ4v) is 14.6. The molecule has 0 aliphatic rings. The summed E-state index contributed by atoms with van der Waals surface area (Å²) in [6.07, 6.45) is 66.6. The number of carbonyl (C=O) groups is 4. The molecule has 0 bridgehead atoms. The molecule has 0 aliphatic carbocycles. The Bertz CT molecular complexity index is 1980. The minimum Gasteiger partial charge on any atom is -0.462 e. The average Bonchev–Trinajstić information content (AvgIpc) is 0.926. The van der Waals surface area contributed by atoms with Crippen molar-refractivity contribution in [2.75, 3.05) is 39.6 Å². The molecule has 19 heteroatoms. The monoisotopic (exact) mass is 1510 g/mol. The molecular weight excluding hydrogens is 1340 g/mol. The fourth-order valence-electron chi connectivity index (χ4n) is 13.0. The molecule has 3 N–H and O–H groups in total. The highest BCUT2D eigenvalue weighted by molar-refractivity contribution is 7.47. The van der Waals surface area contributed by atoms with Crippen LogP contribution in [0, 0.1) is 11.8 Å². The third-order valence-electron chi connectivity index (χ3n) is 20.4. The Morgan fingerprint density at radius 2 is 0.466 bits per heavy atom. The van der Waals surface area contributed by atoms with Gasteiger partial charge >= 0.3 is 39.5 Å². The standard InChI is InChI=1S/C84H164O17P2/c1-7-11-13-15-17-19-21-23-24-25-29-32-36-39-43-47-54-60-66-81(86)94-72-79(100-83(88)69-63-57-49-45-41-37-33-30-27-26-28-31-35-38-42-46-52-58-64-76(5)9-3)74-98-102(90,91)96-70-78(85)71-97-103(92,93)99-75-80(73-95-82(87)67-61-55-51-50-53-59-65-77(6)10-4)101-84(89)68-62-56-48-44-40-34-22-20-18-16-14-12-8-2/h76-80,85H,7-75H2,1-6H3,(H,90,91)(H,92,93)/t76?,77?,78-,79-,80-/m1/s1. The largest absolute Gasteiger partial charge is 0.472 e. The molecule has 0 aromatic carbocycles. The zero-order valence-electron chi connectivity index (χ0n) is 67.6. The van der Waals surface area contributed by atoms with Crippen LogP contribution in [0.3, 0.4) is 0 Å². The first-order valence-corrected chi connectivity index (χ1v) is 46.6. The first-order chi connectivity index (χ1) is 49.9. The second kappa shape index (κ2) is 75.5. The van der Waals surface area contributed by atoms with E-state index in [9.17, 15) is 43.2 Å². The van der Waals surface area contributed by atoms with Gasteiger partial charge < -0.3 is 33.8 Å². The molecular formula is C84H164O17P2. The van der Waals surface area contributed by atoms with Crippen LogP contribution in [0.4, 0.5) is 0 Å². The van der Waals surface area contributed by atoms with Crippen LogP contribution in [0.5, 0.6) is 0 Å². The average molecular weight is 1510 g/mol. The smallest absolute Gasteiger partial charge is 0.462 e. The van der Waals surface area contributed by atoms with Crippen molar-refractivity contribution in [3.05, 3.63) is 0 Å². The third kappa shape index (κ3) is 75.3. The summed E-state index contributed by atoms with van der Waals surface area (Å²) in [6.45, 7) is 9.68. The molecule has 0 spiro atoms. The van der Waals surface area contributed by atoms with E-state index in [1.54, 1.807) is 0 Å². The summed E-state index contributed by atoms with van der Waals surface area (Å²) in [6, 6.07) is 0. The van der Waals surface area contributed by atoms with Crippen molar-refractivity contribution < 1.29 is 80.2 Å². The molecule has 612 valence electrons. The summed E-state index contributed by atoms with van der Waals surface area (Å²) in [5.41, 5.74) is 0. The number of phosphoric ester groups is 2. The van der Waals surface area contributed by atoms with E-state index >= 15 is 0 Å². The summed E-state index contributed by atoms with van der Waals surface area (Å²) in [4.78, 5) is 73.1. The van der Waals surface area contributed by atoms with Crippen LogP contribution in [0.2, 0.25) is 0 Å². The minimum absolute atomic E-state index is 0.107. The van der Waals surface area contributed by atoms with E-state index in [1.165, 1.54) is 257 Å². The second-order valence-electron chi connectivity index (χ2n) is 30.7. The first-order valence-electron chi connectivity index (χ1n) is 43.6. The third-order valence-corrected chi connectivity index (χ3v) is 22.3. The summed E-state index contributed by atoms with van der Waals surface area (Å²) in [5, 5.41) is 10.7. The van der Waals surface area contributed by atoms with E-state index in [2.05, 4.69) is 41.5 Å². The maximum atomic E-state index is 13.1. The van der Waals surface area contributed by atoms with Gasteiger partial charge in [0.2, 0.25) is 0 Å². The number of hydrogen-bond donors (Lipinski definition) is 3. The van der Waals surface area contributed by atoms with E-state index in [1.807, 2.05) is 0 Å². The van der Waals surface area contributed by atoms with Crippen LogP contribution in [-0.4, -0.2) is 96.7 Å². The maximum Gasteiger partial charge on any atom is 0.472 e. The van der Waals surface area contributed by atoms with Crippen molar-refractivity contribution in [2.45, 2.75) is 464 Å². The van der Waals surface area contributed by atoms with Crippen molar-refractivity contribution in [3.63, 3.8) is 0 Å². The van der Waals surface area contributed by atoms with Crippen molar-refractivity contribution in [2.24, 2.45) is 11.8 Å². The number of hydrogen-bond acceptors (Lipinski definition) is 15. The van der Waals surface area contributed by atoms with Crippen LogP contribution in [-0.2, 0) is 65.4 Å². The SMILES string of the molecule is CCCCCCCCCCCCCCCCCCCCC(=O)OC[C@H](COP(=O)(O)OC[C@@H](O)COP(=O)(O)OC[C@@H](COC(=O)CCCCCCCCC(C)CC)OC(=O)CCCCCCCCCCCCCCC)OC(=O)CCCCCCCCCCCCCCCCCCCCC(C)CC. The number of unbranched alkanes of at least 4 members (excludes halogenated alkanes) is 51. The van der Waals surface area contributed by atoms with Crippen molar-refractivity contribution in [3.8, 4) is 0 Å². The number of rotatable bonds is 83. The Balaban J connectivity index is 5.22. The van der Waals surface area contributed by atoms with Crippen LogP contribution < -0.4 is 0 Å². The number of phosphoric acid groups is 2. The number of aliphatic hydroxyl groups is 1. The van der Waals surface area contributed by atoms with Crippen molar-refractivity contribution >= 4 is 39.5 Å². The zero-order valence-corrected chi connectivity index (χ0v) is 69.4. The lowest BCUT2D eigenvalue weighted by Crippen LogP contribution is -2.30. The normalized spacial score (nSPS) is 14.4. The molecule has 0 aromatic heterocycles. The minimum atomic E-state index is -4.96. The first kappa shape index (κ1) is 101. The molecule has 4 unspecified atom stereocenters. The van der Waals surface area contributed by atoms with Gasteiger partial charge in [0.1, 0.15) is 19.3 Å². The molecule has 0 fully saturated rings. The molecule has 0 heterocycles. The molecule has 0 saturated carbocycles. The Morgan fingerprint density at radius 3 is 0.689 bits per heavy atom. The number of carbonyl (C=O) groups excluding carboxylic acids is 4. The molecule has 17 nitrogen and oxygen atoms in total. The number of ether oxygens (including phenoxy) is 4. The van der Waals surface area contributed by atoms with Gasteiger partial charge in [0.05, 0.1) is 26.4 Å². The molecule has 0 aromatic rings. The molecule has 0 aliphatic heterocycles. The van der Waals surface area contributed by atoms with Gasteiger partial charge in [-0.3, -0.25) is 37.3 Å². The fraction of sp³-hybridized carbons (Fsp3) is 0.952. The van der Waals surface area contributed by atoms with Crippen LogP contribution >= 0.6 is 15.6 Å². The maximum absolute atomic E-state index is 13.1. The Kier molecular flexibility index (Phi) is 74.1. The molecule has 0 saturated heterocycles. The quantitative estimate of drug-likeness (QED) is 0.0222. The van der Waals surface area contributed by atoms with Gasteiger partial charge in [-0.05, 0) is 37.5 Å². The van der Waals surface area contributed by atoms with Gasteiger partial charge in [-0.25, -0.2) is 9.13 Å². The highest BCUT2D eigenvalue weighted by atomic mass is 31.2. The second-order valence-corrected chi connectivity index (χ2v) is 33.6. The lowest BCUT2D eigenvalue weighted by Gasteiger charge is -2.21. The topological polar surface area (TPSA) is 237 Å². The highest BCUT2D eigenvalue weighted by Crippen LogP contribution is 2.45. The molecule has 0 rings (SSSR count). The summed E-state index contributed by atoms with van der Waals surface area (Å²) < 4.78 is 68.8. The van der Waals surface area contributed by atoms with Crippen LogP contribution in [0.15, 0.2) is 0 Å². The zero-order chi connectivity index (χ0) is 75.6. The molecule has 103 heavy (non-hydrogen) atoms. The summed E-state index contributed by atoms with van der Waals surface area (Å²) >= 11 is 0. The summed E-state index contributed by atoms with van der Waals surface area (Å²) in [7, 11) is -9.92. The predicted molar refractivity (Wildman–Crippen MR) is 423 cm³/mol. The van der Waals surface area contributed by atoms with Gasteiger partial charge in [-0.15, -0.1) is 0 Å². The van der Waals surface area contributed by atoms with E-state index in [4.69, 9.17) is 37.0 Å². The summed E-state index contributed by atoms with van der Waals surface area (Å²) in [5.74, 6) is -0.503. The lowest BCUT2D eigenvalue weighted by molar-refractivity contribution is -0.161. The number of aliphatic hydroxyl groups excluding tert-OH is 1. The Morgan fingerprint density at radius 1 is 0.272 bits per heavy atom. The van der Waals surface area contributed by atoms with E-state index in [-0.39, 0.29) is 25.7 Å². The molecule has 7 atom stereocenters. The van der Waals surface area contributed by atoms with E-state index < -0.39 is 97.5 Å². The molecule has 0 radical (unpaired) electrons. The highest BCUT2D eigenvalue weighted by Gasteiger charge is 2.30. The van der Waals surface area contributed by atoms with Gasteiger partial charge in [0.15, 0.2) is 12.2 Å². The van der Waals surface area contributed by atoms with Crippen molar-refractivity contribution in [1.82, 2.24) is 0 Å². The van der Waals surface area contributed by atoms with Gasteiger partial charge in [0.25, 0.3) is 0 Å². The Labute approximate surface area is 632 Å². The van der Waals surface area contributed by atoms with Crippen LogP contribution in [0.25, 0.3) is 0 Å². The number of esters is 4. The lowest BCUT2D eigenvalue weighted by atomic mass is 9.99.